The minimum Gasteiger partial charge on any atom is -0.424 e. The van der Waals surface area contributed by atoms with Gasteiger partial charge < -0.3 is 9.64 Å². The zero-order chi connectivity index (χ0) is 26.4. The summed E-state index contributed by atoms with van der Waals surface area (Å²) >= 11 is 0. The van der Waals surface area contributed by atoms with Crippen LogP contribution in [0.3, 0.4) is 0 Å². The Balaban J connectivity index is 1.33. The number of aromatic nitrogens is 4. The van der Waals surface area contributed by atoms with Gasteiger partial charge in [-0.15, -0.1) is 0 Å². The molecule has 5 rings (SSSR count). The molecule has 2 aromatic heterocycles. The number of nitrogens with zero attached hydrogens (tertiary/aromatic N) is 5. The third-order valence-corrected chi connectivity index (χ3v) is 6.86. The maximum atomic E-state index is 13.5. The Bertz CT molecular complexity index is 1240. The number of ether oxygens (including phenoxy) is 1. The molecule has 13 heteroatoms. The molecule has 3 aromatic rings. The van der Waals surface area contributed by atoms with Crippen molar-refractivity contribution < 1.29 is 35.5 Å². The number of piperidine rings is 1. The first-order chi connectivity index (χ1) is 17.4. The smallest absolute Gasteiger partial charge is 0.424 e. The zero-order valence-electron chi connectivity index (χ0n) is 19.3. The fourth-order valence-corrected chi connectivity index (χ4v) is 5.30. The second-order valence-corrected chi connectivity index (χ2v) is 9.41. The van der Waals surface area contributed by atoms with Gasteiger partial charge in [0, 0.05) is 37.5 Å². The summed E-state index contributed by atoms with van der Waals surface area (Å²) in [7, 11) is 0. The van der Waals surface area contributed by atoms with Crippen LogP contribution in [0.25, 0.3) is 0 Å². The second-order valence-electron chi connectivity index (χ2n) is 9.41. The van der Waals surface area contributed by atoms with E-state index in [4.69, 9.17) is 4.74 Å². The number of hydrogen-bond donors (Lipinski definition) is 0. The Morgan fingerprint density at radius 2 is 1.70 bits per heavy atom. The van der Waals surface area contributed by atoms with Gasteiger partial charge in [0.2, 0.25) is 0 Å². The van der Waals surface area contributed by atoms with Gasteiger partial charge in [-0.25, -0.2) is 9.07 Å². The molecule has 2 bridgehead atoms. The largest absolute Gasteiger partial charge is 0.433 e. The molecule has 2 atom stereocenters. The molecule has 1 aliphatic heterocycles. The Morgan fingerprint density at radius 1 is 0.973 bits per heavy atom. The van der Waals surface area contributed by atoms with Crippen LogP contribution < -0.4 is 9.64 Å². The van der Waals surface area contributed by atoms with E-state index in [1.165, 1.54) is 18.2 Å². The van der Waals surface area contributed by atoms with Crippen LogP contribution in [0, 0.1) is 23.6 Å². The highest BCUT2D eigenvalue weighted by Gasteiger charge is 2.43. The summed E-state index contributed by atoms with van der Waals surface area (Å²) in [6.07, 6.45) is -5.98. The van der Waals surface area contributed by atoms with Crippen LogP contribution in [0.2, 0.25) is 0 Å². The molecule has 6 nitrogen and oxygen atoms in total. The maximum absolute atomic E-state index is 13.5. The lowest BCUT2D eigenvalue weighted by atomic mass is 9.82. The monoisotopic (exact) mass is 529 g/mol. The van der Waals surface area contributed by atoms with E-state index >= 15 is 0 Å². The van der Waals surface area contributed by atoms with Crippen molar-refractivity contribution in [1.29, 1.82) is 0 Å². The molecule has 1 saturated carbocycles. The maximum Gasteiger partial charge on any atom is 0.433 e. The van der Waals surface area contributed by atoms with E-state index < -0.39 is 30.4 Å². The van der Waals surface area contributed by atoms with E-state index in [2.05, 4.69) is 15.1 Å². The Kier molecular flexibility index (Phi) is 6.48. The fourth-order valence-electron chi connectivity index (χ4n) is 5.30. The molecule has 198 valence electrons. The summed E-state index contributed by atoms with van der Waals surface area (Å²) < 4.78 is 98.3. The zero-order valence-corrected chi connectivity index (χ0v) is 19.3. The average Bonchev–Trinajstić information content (AvgIpc) is 3.26. The number of hydrogen-bond acceptors (Lipinski definition) is 5. The van der Waals surface area contributed by atoms with Crippen LogP contribution in [0.1, 0.15) is 24.4 Å². The number of alkyl halides is 6. The molecular weight excluding hydrogens is 507 g/mol. The molecule has 0 N–H and O–H groups in total. The van der Waals surface area contributed by atoms with Gasteiger partial charge in [0.25, 0.3) is 0 Å². The van der Waals surface area contributed by atoms with Gasteiger partial charge in [-0.1, -0.05) is 6.07 Å². The lowest BCUT2D eigenvalue weighted by Gasteiger charge is -2.39. The third-order valence-electron chi connectivity index (χ3n) is 6.86. The van der Waals surface area contributed by atoms with Gasteiger partial charge in [-0.05, 0) is 54.9 Å². The van der Waals surface area contributed by atoms with Crippen molar-refractivity contribution in [2.75, 3.05) is 18.0 Å². The molecule has 37 heavy (non-hydrogen) atoms. The molecule has 0 radical (unpaired) electrons. The van der Waals surface area contributed by atoms with Gasteiger partial charge in [0.1, 0.15) is 23.8 Å². The molecule has 2 unspecified atom stereocenters. The normalized spacial score (nSPS) is 21.9. The number of pyridine rings is 1. The molecular formula is C24H22F7N5O. The average molecular weight is 529 g/mol. The topological polar surface area (TPSA) is 56.1 Å². The van der Waals surface area contributed by atoms with E-state index in [-0.39, 0.29) is 35.3 Å². The van der Waals surface area contributed by atoms with E-state index in [1.807, 2.05) is 4.90 Å². The minimum atomic E-state index is -4.57. The predicted molar refractivity (Wildman–Crippen MR) is 117 cm³/mol. The van der Waals surface area contributed by atoms with Crippen molar-refractivity contribution in [3.05, 3.63) is 59.9 Å². The third kappa shape index (κ3) is 5.80. The van der Waals surface area contributed by atoms with E-state index in [0.717, 1.165) is 31.2 Å². The number of halogens is 7. The van der Waals surface area contributed by atoms with Crippen molar-refractivity contribution in [1.82, 2.24) is 19.7 Å². The summed E-state index contributed by atoms with van der Waals surface area (Å²) in [6, 6.07) is 7.17. The van der Waals surface area contributed by atoms with Crippen LogP contribution >= 0.6 is 0 Å². The van der Waals surface area contributed by atoms with Gasteiger partial charge in [0.05, 0.1) is 0 Å². The van der Waals surface area contributed by atoms with Crippen LogP contribution in [0.15, 0.2) is 42.6 Å². The standard InChI is InChI=1S/C24H22F7N5O/c25-16-2-1-3-18(8-16)37-22-33-21(34-36(22)13-23(26,27)28)10-19-14-4-5-15(19)12-35(11-14)17-6-7-32-20(9-17)24(29,30)31/h1-3,6-9,14-15,19H,4-5,10-13H2. The van der Waals surface area contributed by atoms with Gasteiger partial charge >= 0.3 is 18.4 Å². The van der Waals surface area contributed by atoms with Gasteiger partial charge in [0.15, 0.2) is 5.82 Å². The number of fused-ring (bicyclic) bond motifs is 2. The Hall–Kier alpha value is -3.38. The van der Waals surface area contributed by atoms with Crippen molar-refractivity contribution in [2.24, 2.45) is 17.8 Å². The van der Waals surface area contributed by atoms with Crippen molar-refractivity contribution in [2.45, 2.75) is 38.2 Å². The van der Waals surface area contributed by atoms with Gasteiger partial charge in [-0.2, -0.15) is 36.4 Å². The summed E-state index contributed by atoms with van der Waals surface area (Å²) in [5.41, 5.74) is -0.513. The SMILES string of the molecule is Fc1cccc(Oc2nc(CC3C4CCC3CN(c3ccnc(C(F)(F)F)c3)C4)nn2CC(F)(F)F)c1. The van der Waals surface area contributed by atoms with Crippen LogP contribution in [-0.4, -0.2) is 39.0 Å². The molecule has 0 spiro atoms. The van der Waals surface area contributed by atoms with E-state index in [1.54, 1.807) is 6.07 Å². The van der Waals surface area contributed by atoms with E-state index in [0.29, 0.717) is 29.9 Å². The minimum absolute atomic E-state index is 0.00803. The van der Waals surface area contributed by atoms with Gasteiger partial charge in [-0.3, -0.25) is 4.98 Å². The molecule has 1 saturated heterocycles. The fraction of sp³-hybridized carbons (Fsp3) is 0.458. The van der Waals surface area contributed by atoms with Crippen molar-refractivity contribution in [3.8, 4) is 11.8 Å². The Morgan fingerprint density at radius 3 is 2.35 bits per heavy atom. The molecule has 3 heterocycles. The summed E-state index contributed by atoms with van der Waals surface area (Å²) in [5, 5.41) is 4.04. The number of rotatable bonds is 6. The summed E-state index contributed by atoms with van der Waals surface area (Å²) in [4.78, 5) is 9.51. The first kappa shape index (κ1) is 25.3. The first-order valence-electron chi connectivity index (χ1n) is 11.7. The van der Waals surface area contributed by atoms with Crippen LogP contribution in [0.5, 0.6) is 11.8 Å². The molecule has 2 aliphatic rings. The molecule has 0 amide bonds. The highest BCUT2D eigenvalue weighted by atomic mass is 19.4. The summed E-state index contributed by atoms with van der Waals surface area (Å²) in [5.74, 6) is -0.157. The molecule has 1 aliphatic carbocycles. The Labute approximate surface area is 207 Å². The van der Waals surface area contributed by atoms with Crippen molar-refractivity contribution in [3.63, 3.8) is 0 Å². The molecule has 1 aromatic carbocycles. The summed E-state index contributed by atoms with van der Waals surface area (Å²) in [6.45, 7) is -0.393. The van der Waals surface area contributed by atoms with Crippen LogP contribution in [0.4, 0.5) is 36.4 Å². The highest BCUT2D eigenvalue weighted by Crippen LogP contribution is 2.45. The molecule has 2 fully saturated rings. The van der Waals surface area contributed by atoms with Crippen LogP contribution in [-0.2, 0) is 19.1 Å². The predicted octanol–water partition coefficient (Wildman–Crippen LogP) is 5.89. The van der Waals surface area contributed by atoms with E-state index in [9.17, 15) is 30.7 Å². The lowest BCUT2D eigenvalue weighted by molar-refractivity contribution is -0.143. The number of benzene rings is 1. The number of anilines is 1. The second kappa shape index (κ2) is 9.49. The lowest BCUT2D eigenvalue weighted by Crippen LogP contribution is -2.43. The quantitative estimate of drug-likeness (QED) is 0.373. The van der Waals surface area contributed by atoms with Crippen molar-refractivity contribution >= 4 is 5.69 Å². The highest BCUT2D eigenvalue weighted by molar-refractivity contribution is 5.48. The first-order valence-corrected chi connectivity index (χ1v) is 11.7.